The van der Waals surface area contributed by atoms with Crippen LogP contribution >= 0.6 is 0 Å². The Balaban J connectivity index is 2.26. The second-order valence-corrected chi connectivity index (χ2v) is 4.46. The van der Waals surface area contributed by atoms with Gasteiger partial charge in [-0.05, 0) is 37.6 Å². The summed E-state index contributed by atoms with van der Waals surface area (Å²) >= 11 is 0. The number of nitrogens with zero attached hydrogens (tertiary/aromatic N) is 3. The number of anilines is 3. The quantitative estimate of drug-likeness (QED) is 0.849. The highest BCUT2D eigenvalue weighted by molar-refractivity contribution is 6.11. The molecule has 2 aromatic rings. The molecule has 5 heteroatoms. The van der Waals surface area contributed by atoms with Crippen LogP contribution in [0.1, 0.15) is 22.8 Å². The zero-order chi connectivity index (χ0) is 13.4. The normalized spacial score (nSPS) is 13.4. The Morgan fingerprint density at radius 3 is 2.95 bits per heavy atom. The summed E-state index contributed by atoms with van der Waals surface area (Å²) in [6, 6.07) is 5.47. The van der Waals surface area contributed by atoms with Gasteiger partial charge < -0.3 is 10.2 Å². The number of amides is 1. The summed E-state index contributed by atoms with van der Waals surface area (Å²) in [6.45, 7) is 4.66. The minimum atomic E-state index is -0.146. The number of hydrogen-bond donors (Lipinski definition) is 1. The van der Waals surface area contributed by atoms with Crippen molar-refractivity contribution in [1.29, 1.82) is 0 Å². The van der Waals surface area contributed by atoms with Crippen LogP contribution in [0.5, 0.6) is 0 Å². The predicted molar refractivity (Wildman–Crippen MR) is 73.8 cm³/mol. The molecule has 0 bridgehead atoms. The average molecular weight is 254 g/mol. The highest BCUT2D eigenvalue weighted by Gasteiger charge is 2.26. The van der Waals surface area contributed by atoms with Crippen LogP contribution in [0.4, 0.5) is 17.3 Å². The van der Waals surface area contributed by atoms with Gasteiger partial charge in [-0.2, -0.15) is 0 Å². The van der Waals surface area contributed by atoms with Gasteiger partial charge in [-0.3, -0.25) is 4.79 Å². The summed E-state index contributed by atoms with van der Waals surface area (Å²) in [6.07, 6.45) is 3.48. The van der Waals surface area contributed by atoms with Crippen molar-refractivity contribution < 1.29 is 4.79 Å². The molecule has 0 radical (unpaired) electrons. The fraction of sp³-hybridized carbons (Fsp3) is 0.214. The predicted octanol–water partition coefficient (Wildman–Crippen LogP) is 2.51. The molecule has 3 heterocycles. The van der Waals surface area contributed by atoms with Crippen LogP contribution in [0.25, 0.3) is 0 Å². The maximum absolute atomic E-state index is 12.2. The van der Waals surface area contributed by atoms with Crippen LogP contribution in [0.15, 0.2) is 30.6 Å². The summed E-state index contributed by atoms with van der Waals surface area (Å²) in [5.41, 5.74) is 2.30. The summed E-state index contributed by atoms with van der Waals surface area (Å²) in [7, 11) is 0. The molecule has 1 aliphatic heterocycles. The molecule has 1 aliphatic rings. The minimum Gasteiger partial charge on any atom is -0.319 e. The molecule has 96 valence electrons. The number of aromatic nitrogens is 2. The maximum atomic E-state index is 12.2. The number of carbonyl (C=O) groups is 1. The second-order valence-electron chi connectivity index (χ2n) is 4.46. The van der Waals surface area contributed by atoms with Gasteiger partial charge in [0, 0.05) is 18.9 Å². The van der Waals surface area contributed by atoms with E-state index in [-0.39, 0.29) is 5.91 Å². The van der Waals surface area contributed by atoms with Crippen molar-refractivity contribution in [2.75, 3.05) is 16.8 Å². The smallest absolute Gasteiger partial charge is 0.259 e. The van der Waals surface area contributed by atoms with Gasteiger partial charge in [0.15, 0.2) is 5.82 Å². The van der Waals surface area contributed by atoms with E-state index in [4.69, 9.17) is 0 Å². The Kier molecular flexibility index (Phi) is 2.67. The Bertz CT molecular complexity index is 654. The van der Waals surface area contributed by atoms with E-state index in [1.54, 1.807) is 24.5 Å². The first-order valence-corrected chi connectivity index (χ1v) is 6.21. The third kappa shape index (κ3) is 1.83. The van der Waals surface area contributed by atoms with Crippen LogP contribution in [0.2, 0.25) is 0 Å². The molecule has 0 unspecified atom stereocenters. The standard InChI is InChI=1S/C14H14N4O/c1-3-18-12-10(5-4-6-15-12)14(19)17-11-7-9(2)8-16-13(11)18/h4-8H,3H2,1-2H3,(H,17,19). The van der Waals surface area contributed by atoms with E-state index in [2.05, 4.69) is 15.3 Å². The van der Waals surface area contributed by atoms with E-state index >= 15 is 0 Å². The number of nitrogens with one attached hydrogen (secondary N) is 1. The van der Waals surface area contributed by atoms with Crippen molar-refractivity contribution in [3.8, 4) is 0 Å². The van der Waals surface area contributed by atoms with Gasteiger partial charge in [-0.15, -0.1) is 0 Å². The molecule has 0 saturated heterocycles. The summed E-state index contributed by atoms with van der Waals surface area (Å²) in [5.74, 6) is 1.24. The lowest BCUT2D eigenvalue weighted by atomic mass is 10.2. The molecule has 1 N–H and O–H groups in total. The Morgan fingerprint density at radius 2 is 2.16 bits per heavy atom. The van der Waals surface area contributed by atoms with Crippen LogP contribution in [0.3, 0.4) is 0 Å². The van der Waals surface area contributed by atoms with Crippen molar-refractivity contribution in [2.24, 2.45) is 0 Å². The fourth-order valence-electron chi connectivity index (χ4n) is 2.25. The first-order chi connectivity index (χ1) is 9.20. The Hall–Kier alpha value is -2.43. The molecule has 1 amide bonds. The van der Waals surface area contributed by atoms with Gasteiger partial charge in [0.25, 0.3) is 5.91 Å². The highest BCUT2D eigenvalue weighted by Crippen LogP contribution is 2.34. The van der Waals surface area contributed by atoms with E-state index in [0.717, 1.165) is 17.1 Å². The number of carbonyl (C=O) groups excluding carboxylic acids is 1. The third-order valence-electron chi connectivity index (χ3n) is 3.11. The lowest BCUT2D eigenvalue weighted by Gasteiger charge is -2.21. The fourth-order valence-corrected chi connectivity index (χ4v) is 2.25. The largest absolute Gasteiger partial charge is 0.319 e. The van der Waals surface area contributed by atoms with E-state index in [1.807, 2.05) is 24.8 Å². The molecule has 0 aromatic carbocycles. The summed E-state index contributed by atoms with van der Waals surface area (Å²) in [5, 5.41) is 2.90. The number of rotatable bonds is 1. The summed E-state index contributed by atoms with van der Waals surface area (Å²) < 4.78 is 0. The van der Waals surface area contributed by atoms with Crippen LogP contribution < -0.4 is 10.2 Å². The van der Waals surface area contributed by atoms with Crippen LogP contribution in [0, 0.1) is 6.92 Å². The molecule has 3 rings (SSSR count). The molecular weight excluding hydrogens is 240 g/mol. The molecule has 0 saturated carbocycles. The van der Waals surface area contributed by atoms with Crippen LogP contribution in [-0.4, -0.2) is 22.4 Å². The second kappa shape index (κ2) is 4.35. The molecule has 0 fully saturated rings. The number of pyridine rings is 2. The molecule has 19 heavy (non-hydrogen) atoms. The Morgan fingerprint density at radius 1 is 1.32 bits per heavy atom. The summed E-state index contributed by atoms with van der Waals surface area (Å²) in [4.78, 5) is 22.9. The van der Waals surface area contributed by atoms with E-state index in [9.17, 15) is 4.79 Å². The first-order valence-electron chi connectivity index (χ1n) is 6.21. The molecule has 2 aromatic heterocycles. The Labute approximate surface area is 111 Å². The average Bonchev–Trinajstić information content (AvgIpc) is 2.53. The maximum Gasteiger partial charge on any atom is 0.259 e. The van der Waals surface area contributed by atoms with Crippen molar-refractivity contribution >= 4 is 23.2 Å². The molecule has 5 nitrogen and oxygen atoms in total. The van der Waals surface area contributed by atoms with Crippen molar-refractivity contribution in [2.45, 2.75) is 13.8 Å². The van der Waals surface area contributed by atoms with Gasteiger partial charge in [-0.1, -0.05) is 0 Å². The lowest BCUT2D eigenvalue weighted by molar-refractivity contribution is 0.102. The van der Waals surface area contributed by atoms with Gasteiger partial charge in [-0.25, -0.2) is 9.97 Å². The van der Waals surface area contributed by atoms with Crippen molar-refractivity contribution in [3.05, 3.63) is 41.7 Å². The zero-order valence-corrected chi connectivity index (χ0v) is 10.8. The highest BCUT2D eigenvalue weighted by atomic mass is 16.1. The van der Waals surface area contributed by atoms with Gasteiger partial charge in [0.2, 0.25) is 0 Å². The third-order valence-corrected chi connectivity index (χ3v) is 3.11. The van der Waals surface area contributed by atoms with Crippen molar-refractivity contribution in [3.63, 3.8) is 0 Å². The number of hydrogen-bond acceptors (Lipinski definition) is 4. The van der Waals surface area contributed by atoms with E-state index in [1.165, 1.54) is 0 Å². The first kappa shape index (κ1) is 11.6. The zero-order valence-electron chi connectivity index (χ0n) is 10.8. The van der Waals surface area contributed by atoms with Gasteiger partial charge >= 0.3 is 0 Å². The van der Waals surface area contributed by atoms with Gasteiger partial charge in [0.05, 0.1) is 11.3 Å². The topological polar surface area (TPSA) is 58.1 Å². The van der Waals surface area contributed by atoms with E-state index < -0.39 is 0 Å². The van der Waals surface area contributed by atoms with Crippen LogP contribution in [-0.2, 0) is 0 Å². The lowest BCUT2D eigenvalue weighted by Crippen LogP contribution is -2.19. The van der Waals surface area contributed by atoms with E-state index in [0.29, 0.717) is 17.9 Å². The minimum absolute atomic E-state index is 0.146. The number of fused-ring (bicyclic) bond motifs is 2. The monoisotopic (exact) mass is 254 g/mol. The molecule has 0 spiro atoms. The molecular formula is C14H14N4O. The number of aryl methyl sites for hydroxylation is 1. The molecule has 0 atom stereocenters. The molecule has 0 aliphatic carbocycles. The SMILES string of the molecule is CCN1c2ncc(C)cc2NC(=O)c2cccnc21. The van der Waals surface area contributed by atoms with Crippen molar-refractivity contribution in [1.82, 2.24) is 9.97 Å². The van der Waals surface area contributed by atoms with Gasteiger partial charge in [0.1, 0.15) is 5.82 Å².